The van der Waals surface area contributed by atoms with Crippen LogP contribution < -0.4 is 10.5 Å². The predicted molar refractivity (Wildman–Crippen MR) is 159 cm³/mol. The maximum absolute atomic E-state index is 12.4. The molecule has 0 unspecified atom stereocenters. The van der Waals surface area contributed by atoms with E-state index in [4.69, 9.17) is 31.8 Å². The number of aryl methyl sites for hydroxylation is 1. The Hall–Kier alpha value is -4.45. The molecule has 42 heavy (non-hydrogen) atoms. The molecular weight excluding hydrogens is 562 g/mol. The topological polar surface area (TPSA) is 152 Å². The first-order valence-electron chi connectivity index (χ1n) is 13.6. The number of likely N-dealkylation sites (tertiary alicyclic amines) is 1. The highest BCUT2D eigenvalue weighted by molar-refractivity contribution is 6.36. The molecule has 0 radical (unpaired) electrons. The van der Waals surface area contributed by atoms with Crippen LogP contribution in [0.25, 0.3) is 22.3 Å². The number of nitro groups is 1. The van der Waals surface area contributed by atoms with Gasteiger partial charge in [-0.05, 0) is 64.2 Å². The van der Waals surface area contributed by atoms with Gasteiger partial charge in [0.05, 0.1) is 28.5 Å². The summed E-state index contributed by atoms with van der Waals surface area (Å²) in [5.41, 5.74) is 8.25. The molecule has 1 fully saturated rings. The molecule has 2 N–H and O–H groups in total. The van der Waals surface area contributed by atoms with Crippen molar-refractivity contribution in [3.63, 3.8) is 0 Å². The molecule has 1 amide bonds. The third-order valence-electron chi connectivity index (χ3n) is 6.98. The standard InChI is InChI=1S/C29H32ClN7O5/c1-17-11-22-26(25(30)27(17)41-20-5-6-24(37(39)40)21(31)12-20)34-23(14-32-22)19-13-33-36(16-19)15-18-7-9-35(10-8-18)28(38)42-29(2,3)4/h5-6,11-14,16,18H,7-10,15,31H2,1-4H3. The van der Waals surface area contributed by atoms with Crippen molar-refractivity contribution in [1.82, 2.24) is 24.6 Å². The van der Waals surface area contributed by atoms with Crippen molar-refractivity contribution in [1.29, 1.82) is 0 Å². The summed E-state index contributed by atoms with van der Waals surface area (Å²) in [5.74, 6) is 1.05. The Balaban J connectivity index is 1.30. The van der Waals surface area contributed by atoms with Crippen molar-refractivity contribution >= 4 is 40.1 Å². The second-order valence-electron chi connectivity index (χ2n) is 11.4. The zero-order valence-corrected chi connectivity index (χ0v) is 24.6. The average molecular weight is 594 g/mol. The minimum absolute atomic E-state index is 0.0141. The Bertz CT molecular complexity index is 1660. The second-order valence-corrected chi connectivity index (χ2v) is 11.8. The number of nitrogens with two attached hydrogens (primary N) is 1. The number of benzene rings is 2. The average Bonchev–Trinajstić information content (AvgIpc) is 3.38. The van der Waals surface area contributed by atoms with Gasteiger partial charge in [-0.15, -0.1) is 0 Å². The number of carbonyl (C=O) groups is 1. The van der Waals surface area contributed by atoms with Crippen LogP contribution in [0.1, 0.15) is 39.2 Å². The molecule has 2 aromatic carbocycles. The van der Waals surface area contributed by atoms with E-state index in [1.54, 1.807) is 17.3 Å². The van der Waals surface area contributed by atoms with E-state index in [0.29, 0.717) is 47.2 Å². The highest BCUT2D eigenvalue weighted by Crippen LogP contribution is 2.39. The molecule has 1 saturated heterocycles. The summed E-state index contributed by atoms with van der Waals surface area (Å²) in [6, 6.07) is 5.95. The van der Waals surface area contributed by atoms with Crippen molar-refractivity contribution in [2.45, 2.75) is 52.7 Å². The van der Waals surface area contributed by atoms with Gasteiger partial charge in [0.15, 0.2) is 5.75 Å². The molecule has 0 atom stereocenters. The van der Waals surface area contributed by atoms with Gasteiger partial charge in [-0.1, -0.05) is 11.6 Å². The lowest BCUT2D eigenvalue weighted by molar-refractivity contribution is -0.383. The molecule has 1 aliphatic heterocycles. The molecule has 3 heterocycles. The Morgan fingerprint density at radius 3 is 2.62 bits per heavy atom. The zero-order valence-electron chi connectivity index (χ0n) is 23.8. The Morgan fingerprint density at radius 1 is 1.21 bits per heavy atom. The minimum atomic E-state index is -0.554. The lowest BCUT2D eigenvalue weighted by atomic mass is 9.97. The number of amides is 1. The summed E-state index contributed by atoms with van der Waals surface area (Å²) in [6.07, 6.45) is 6.80. The molecule has 0 saturated carbocycles. The fraction of sp³-hybridized carbons (Fsp3) is 0.379. The summed E-state index contributed by atoms with van der Waals surface area (Å²) in [7, 11) is 0. The number of anilines is 1. The van der Waals surface area contributed by atoms with Crippen LogP contribution in [-0.2, 0) is 11.3 Å². The maximum atomic E-state index is 12.4. The number of carbonyl (C=O) groups excluding carboxylic acids is 1. The molecular formula is C29H32ClN7O5. The SMILES string of the molecule is Cc1cc2ncc(-c3cnn(CC4CCN(C(=O)OC(C)(C)C)CC4)c3)nc2c(Cl)c1Oc1ccc([N+](=O)[O-])c(N)c1. The number of nitrogen functional groups attached to an aromatic ring is 1. The van der Waals surface area contributed by atoms with Gasteiger partial charge in [0.2, 0.25) is 0 Å². The summed E-state index contributed by atoms with van der Waals surface area (Å²) in [4.78, 5) is 34.0. The van der Waals surface area contributed by atoms with E-state index in [0.717, 1.165) is 30.5 Å². The van der Waals surface area contributed by atoms with Gasteiger partial charge in [0, 0.05) is 43.5 Å². The summed E-state index contributed by atoms with van der Waals surface area (Å²) < 4.78 is 13.4. The molecule has 2 aromatic heterocycles. The van der Waals surface area contributed by atoms with Crippen LogP contribution in [0.4, 0.5) is 16.2 Å². The van der Waals surface area contributed by atoms with Crippen molar-refractivity contribution < 1.29 is 19.2 Å². The summed E-state index contributed by atoms with van der Waals surface area (Å²) >= 11 is 6.76. The quantitative estimate of drug-likeness (QED) is 0.152. The van der Waals surface area contributed by atoms with E-state index in [1.807, 2.05) is 44.6 Å². The third kappa shape index (κ3) is 6.38. The van der Waals surface area contributed by atoms with Crippen LogP contribution in [-0.4, -0.2) is 54.4 Å². The summed E-state index contributed by atoms with van der Waals surface area (Å²) in [6.45, 7) is 9.46. The number of piperidine rings is 1. The van der Waals surface area contributed by atoms with Crippen molar-refractivity contribution in [2.75, 3.05) is 18.8 Å². The van der Waals surface area contributed by atoms with E-state index in [1.165, 1.54) is 18.2 Å². The molecule has 0 aliphatic carbocycles. The number of ether oxygens (including phenoxy) is 2. The molecule has 5 rings (SSSR count). The first-order valence-corrected chi connectivity index (χ1v) is 13.9. The van der Waals surface area contributed by atoms with Crippen LogP contribution >= 0.6 is 11.6 Å². The van der Waals surface area contributed by atoms with Gasteiger partial charge in [-0.2, -0.15) is 5.10 Å². The lowest BCUT2D eigenvalue weighted by Crippen LogP contribution is -2.42. The van der Waals surface area contributed by atoms with Crippen molar-refractivity contribution in [2.24, 2.45) is 5.92 Å². The molecule has 12 nitrogen and oxygen atoms in total. The van der Waals surface area contributed by atoms with Gasteiger partial charge in [-0.25, -0.2) is 9.78 Å². The normalized spacial score (nSPS) is 14.3. The van der Waals surface area contributed by atoms with Gasteiger partial charge in [0.1, 0.15) is 27.6 Å². The smallest absolute Gasteiger partial charge is 0.410 e. The molecule has 13 heteroatoms. The van der Waals surface area contributed by atoms with Gasteiger partial charge >= 0.3 is 6.09 Å². The fourth-order valence-electron chi connectivity index (χ4n) is 4.85. The fourth-order valence-corrected chi connectivity index (χ4v) is 5.17. The number of fused-ring (bicyclic) bond motifs is 1. The first kappa shape index (κ1) is 29.1. The number of rotatable bonds is 6. The Morgan fingerprint density at radius 2 is 1.95 bits per heavy atom. The van der Waals surface area contributed by atoms with Crippen molar-refractivity contribution in [3.8, 4) is 22.8 Å². The highest BCUT2D eigenvalue weighted by atomic mass is 35.5. The largest absolute Gasteiger partial charge is 0.455 e. The maximum Gasteiger partial charge on any atom is 0.410 e. The van der Waals surface area contributed by atoms with Crippen LogP contribution in [0.3, 0.4) is 0 Å². The second kappa shape index (κ2) is 11.4. The number of hydrogen-bond acceptors (Lipinski definition) is 9. The zero-order chi connectivity index (χ0) is 30.2. The number of aromatic nitrogens is 4. The highest BCUT2D eigenvalue weighted by Gasteiger charge is 2.27. The van der Waals surface area contributed by atoms with E-state index >= 15 is 0 Å². The number of nitro benzene ring substituents is 1. The number of halogens is 1. The molecule has 0 bridgehead atoms. The lowest BCUT2D eigenvalue weighted by Gasteiger charge is -2.33. The third-order valence-corrected chi connectivity index (χ3v) is 7.33. The van der Waals surface area contributed by atoms with Crippen LogP contribution in [0.5, 0.6) is 11.5 Å². The molecule has 0 spiro atoms. The first-order chi connectivity index (χ1) is 19.9. The molecule has 4 aromatic rings. The monoisotopic (exact) mass is 593 g/mol. The summed E-state index contributed by atoms with van der Waals surface area (Å²) in [5, 5.41) is 15.9. The predicted octanol–water partition coefficient (Wildman–Crippen LogP) is 6.38. The van der Waals surface area contributed by atoms with Crippen LogP contribution in [0, 0.1) is 23.0 Å². The van der Waals surface area contributed by atoms with E-state index in [2.05, 4.69) is 10.1 Å². The van der Waals surface area contributed by atoms with Gasteiger partial charge < -0.3 is 20.1 Å². The van der Waals surface area contributed by atoms with Crippen molar-refractivity contribution in [3.05, 3.63) is 63.6 Å². The van der Waals surface area contributed by atoms with E-state index < -0.39 is 10.5 Å². The Kier molecular flexibility index (Phi) is 7.91. The number of nitrogens with zero attached hydrogens (tertiary/aromatic N) is 6. The number of hydrogen-bond donors (Lipinski definition) is 1. The van der Waals surface area contributed by atoms with Gasteiger partial charge in [0.25, 0.3) is 5.69 Å². The van der Waals surface area contributed by atoms with Crippen LogP contribution in [0.15, 0.2) is 42.9 Å². The Labute approximate surface area is 247 Å². The molecule has 1 aliphatic rings. The van der Waals surface area contributed by atoms with E-state index in [9.17, 15) is 14.9 Å². The van der Waals surface area contributed by atoms with E-state index in [-0.39, 0.29) is 22.5 Å². The van der Waals surface area contributed by atoms with Crippen LogP contribution in [0.2, 0.25) is 5.02 Å². The molecule has 220 valence electrons. The van der Waals surface area contributed by atoms with Gasteiger partial charge in [-0.3, -0.25) is 19.8 Å². The minimum Gasteiger partial charge on any atom is -0.455 e.